The van der Waals surface area contributed by atoms with E-state index in [9.17, 15) is 14.0 Å². The van der Waals surface area contributed by atoms with Crippen LogP contribution in [0.4, 0.5) is 4.39 Å². The van der Waals surface area contributed by atoms with Crippen molar-refractivity contribution in [2.24, 2.45) is 0 Å². The number of halogens is 2. The summed E-state index contributed by atoms with van der Waals surface area (Å²) < 4.78 is 14.4. The van der Waals surface area contributed by atoms with Gasteiger partial charge in [0.25, 0.3) is 5.91 Å². The summed E-state index contributed by atoms with van der Waals surface area (Å²) in [4.78, 5) is 26.1. The average Bonchev–Trinajstić information content (AvgIpc) is 2.79. The molecule has 116 valence electrons. The molecule has 0 radical (unpaired) electrons. The van der Waals surface area contributed by atoms with Gasteiger partial charge in [0, 0.05) is 9.86 Å². The summed E-state index contributed by atoms with van der Waals surface area (Å²) in [6.07, 6.45) is 2.08. The van der Waals surface area contributed by atoms with Crippen LogP contribution in [0.25, 0.3) is 10.9 Å². The Morgan fingerprint density at radius 2 is 2.09 bits per heavy atom. The van der Waals surface area contributed by atoms with Crippen molar-refractivity contribution in [3.05, 3.63) is 34.2 Å². The quantitative estimate of drug-likeness (QED) is 0.774. The van der Waals surface area contributed by atoms with Gasteiger partial charge in [-0.1, -0.05) is 15.9 Å². The number of rotatable bonds is 4. The number of carbonyl (C=O) groups is 2. The molecule has 0 aliphatic heterocycles. The molecule has 1 fully saturated rings. The predicted octanol–water partition coefficient (Wildman–Crippen LogP) is 3.20. The molecule has 0 bridgehead atoms. The molecule has 1 aliphatic carbocycles. The zero-order chi connectivity index (χ0) is 15.9. The summed E-state index contributed by atoms with van der Waals surface area (Å²) in [5, 5.41) is 12.1. The fourth-order valence-corrected chi connectivity index (χ4v) is 3.26. The number of H-pyrrole nitrogens is 1. The molecule has 0 saturated heterocycles. The van der Waals surface area contributed by atoms with E-state index in [0.717, 1.165) is 6.42 Å². The molecule has 2 aromatic rings. The number of aliphatic carboxylic acids is 1. The van der Waals surface area contributed by atoms with Crippen molar-refractivity contribution in [2.75, 3.05) is 0 Å². The van der Waals surface area contributed by atoms with Crippen LogP contribution in [-0.2, 0) is 4.79 Å². The second-order valence-electron chi connectivity index (χ2n) is 5.69. The number of benzene rings is 1. The number of nitrogens with one attached hydrogen (secondary N) is 2. The van der Waals surface area contributed by atoms with Crippen LogP contribution in [0.5, 0.6) is 0 Å². The summed E-state index contributed by atoms with van der Waals surface area (Å²) in [6, 6.07) is 4.46. The van der Waals surface area contributed by atoms with Crippen LogP contribution in [0, 0.1) is 5.82 Å². The normalized spacial score (nSPS) is 16.3. The number of aromatic amines is 1. The maximum absolute atomic E-state index is 13.9. The molecule has 5 nitrogen and oxygen atoms in total. The monoisotopic (exact) mass is 368 g/mol. The largest absolute Gasteiger partial charge is 0.481 e. The average molecular weight is 369 g/mol. The molecule has 1 aliphatic rings. The third-order valence-electron chi connectivity index (χ3n) is 4.08. The Balaban J connectivity index is 1.86. The minimum absolute atomic E-state index is 0.0983. The van der Waals surface area contributed by atoms with Gasteiger partial charge in [-0.15, -0.1) is 0 Å². The first-order valence-electron chi connectivity index (χ1n) is 6.91. The van der Waals surface area contributed by atoms with Gasteiger partial charge in [-0.25, -0.2) is 4.39 Å². The van der Waals surface area contributed by atoms with Crippen LogP contribution in [0.1, 0.15) is 36.2 Å². The smallest absolute Gasteiger partial charge is 0.305 e. The first-order chi connectivity index (χ1) is 10.4. The lowest BCUT2D eigenvalue weighted by atomic mass is 9.74. The Kier molecular flexibility index (Phi) is 3.68. The molecule has 3 N–H and O–H groups in total. The fraction of sp³-hybridized carbons (Fsp3) is 0.333. The minimum Gasteiger partial charge on any atom is -0.481 e. The van der Waals surface area contributed by atoms with E-state index in [4.69, 9.17) is 5.11 Å². The second kappa shape index (κ2) is 5.39. The Labute approximate surface area is 134 Å². The summed E-state index contributed by atoms with van der Waals surface area (Å²) >= 11 is 3.20. The van der Waals surface area contributed by atoms with E-state index in [-0.39, 0.29) is 12.1 Å². The lowest BCUT2D eigenvalue weighted by molar-refractivity contribution is -0.139. The molecule has 0 spiro atoms. The third-order valence-corrected chi connectivity index (χ3v) is 4.53. The number of carbonyl (C=O) groups excluding carboxylic acids is 1. The first kappa shape index (κ1) is 15.0. The molecular weight excluding hydrogens is 355 g/mol. The van der Waals surface area contributed by atoms with Gasteiger partial charge in [0.05, 0.1) is 17.5 Å². The second-order valence-corrected chi connectivity index (χ2v) is 6.61. The fourth-order valence-electron chi connectivity index (χ4n) is 2.83. The molecule has 3 rings (SSSR count). The summed E-state index contributed by atoms with van der Waals surface area (Å²) in [5.41, 5.74) is 0.0564. The van der Waals surface area contributed by atoms with Gasteiger partial charge in [0.15, 0.2) is 0 Å². The summed E-state index contributed by atoms with van der Waals surface area (Å²) in [6.45, 7) is 0. The number of carboxylic acid groups (broad SMARTS) is 1. The lowest BCUT2D eigenvalue weighted by Crippen LogP contribution is -2.54. The molecule has 1 amide bonds. The Morgan fingerprint density at radius 1 is 1.36 bits per heavy atom. The Morgan fingerprint density at radius 3 is 2.68 bits per heavy atom. The molecule has 7 heteroatoms. The van der Waals surface area contributed by atoms with Gasteiger partial charge in [-0.2, -0.15) is 0 Å². The Hall–Kier alpha value is -1.89. The van der Waals surface area contributed by atoms with E-state index in [1.165, 1.54) is 12.1 Å². The van der Waals surface area contributed by atoms with Crippen molar-refractivity contribution in [2.45, 2.75) is 31.2 Å². The van der Waals surface area contributed by atoms with Gasteiger partial charge in [-0.3, -0.25) is 9.59 Å². The highest BCUT2D eigenvalue weighted by Crippen LogP contribution is 2.35. The van der Waals surface area contributed by atoms with E-state index in [0.29, 0.717) is 28.2 Å². The number of aromatic nitrogens is 1. The number of hydrogen-bond donors (Lipinski definition) is 3. The summed E-state index contributed by atoms with van der Waals surface area (Å²) in [7, 11) is 0. The van der Waals surface area contributed by atoms with Gasteiger partial charge < -0.3 is 15.4 Å². The maximum atomic E-state index is 13.9. The predicted molar refractivity (Wildman–Crippen MR) is 82.3 cm³/mol. The van der Waals surface area contributed by atoms with Gasteiger partial charge >= 0.3 is 5.97 Å². The zero-order valence-corrected chi connectivity index (χ0v) is 13.2. The SMILES string of the molecule is O=C(O)CC1(NC(=O)c2cc3c(F)cc(Br)cc3[nH]2)CCC1. The van der Waals surface area contributed by atoms with Gasteiger partial charge in [-0.05, 0) is 37.5 Å². The van der Waals surface area contributed by atoms with Crippen LogP contribution in [0.15, 0.2) is 22.7 Å². The third kappa shape index (κ3) is 2.72. The molecule has 22 heavy (non-hydrogen) atoms. The van der Waals surface area contributed by atoms with Crippen molar-refractivity contribution in [1.29, 1.82) is 0 Å². The zero-order valence-electron chi connectivity index (χ0n) is 11.6. The number of fused-ring (bicyclic) bond motifs is 1. The van der Waals surface area contributed by atoms with E-state index in [1.54, 1.807) is 6.07 Å². The van der Waals surface area contributed by atoms with Crippen LogP contribution in [0.2, 0.25) is 0 Å². The van der Waals surface area contributed by atoms with Crippen LogP contribution in [0.3, 0.4) is 0 Å². The maximum Gasteiger partial charge on any atom is 0.305 e. The number of amides is 1. The molecule has 1 heterocycles. The molecule has 1 aromatic heterocycles. The first-order valence-corrected chi connectivity index (χ1v) is 7.70. The van der Waals surface area contributed by atoms with Crippen LogP contribution >= 0.6 is 15.9 Å². The van der Waals surface area contributed by atoms with Crippen molar-refractivity contribution < 1.29 is 19.1 Å². The van der Waals surface area contributed by atoms with E-state index in [2.05, 4.69) is 26.2 Å². The van der Waals surface area contributed by atoms with E-state index in [1.807, 2.05) is 0 Å². The van der Waals surface area contributed by atoms with E-state index >= 15 is 0 Å². The number of carboxylic acids is 1. The standard InChI is InChI=1S/C15H14BrFN2O3/c16-8-4-10(17)9-6-12(18-11(9)5-8)14(22)19-15(2-1-3-15)7-13(20)21/h4-6,18H,1-3,7H2,(H,19,22)(H,20,21). The van der Waals surface area contributed by atoms with Crippen molar-refractivity contribution in [3.8, 4) is 0 Å². The van der Waals surface area contributed by atoms with Gasteiger partial charge in [0.1, 0.15) is 11.5 Å². The van der Waals surface area contributed by atoms with Crippen molar-refractivity contribution in [3.63, 3.8) is 0 Å². The molecular formula is C15H14BrFN2O3. The molecule has 0 unspecified atom stereocenters. The van der Waals surface area contributed by atoms with Gasteiger partial charge in [0.2, 0.25) is 0 Å². The highest BCUT2D eigenvalue weighted by atomic mass is 79.9. The lowest BCUT2D eigenvalue weighted by Gasteiger charge is -2.41. The minimum atomic E-state index is -0.938. The van der Waals surface area contributed by atoms with Crippen molar-refractivity contribution >= 4 is 38.7 Å². The highest BCUT2D eigenvalue weighted by molar-refractivity contribution is 9.10. The van der Waals surface area contributed by atoms with Crippen LogP contribution in [-0.4, -0.2) is 27.5 Å². The Bertz CT molecular complexity index is 767. The molecule has 0 atom stereocenters. The molecule has 1 aromatic carbocycles. The number of hydrogen-bond acceptors (Lipinski definition) is 2. The highest BCUT2D eigenvalue weighted by Gasteiger charge is 2.40. The van der Waals surface area contributed by atoms with Crippen molar-refractivity contribution in [1.82, 2.24) is 10.3 Å². The topological polar surface area (TPSA) is 82.2 Å². The van der Waals surface area contributed by atoms with Crippen LogP contribution < -0.4 is 5.32 Å². The van der Waals surface area contributed by atoms with E-state index < -0.39 is 23.2 Å². The summed E-state index contributed by atoms with van der Waals surface area (Å²) in [5.74, 6) is -1.78. The molecule has 1 saturated carbocycles.